The first-order valence-corrected chi connectivity index (χ1v) is 11.8. The van der Waals surface area contributed by atoms with E-state index < -0.39 is 0 Å². The second-order valence-corrected chi connectivity index (χ2v) is 8.48. The summed E-state index contributed by atoms with van der Waals surface area (Å²) in [5, 5.41) is 0. The summed E-state index contributed by atoms with van der Waals surface area (Å²) >= 11 is 0. The van der Waals surface area contributed by atoms with Gasteiger partial charge in [0.05, 0.1) is 25.3 Å². The molecule has 5 rings (SSSR count). The van der Waals surface area contributed by atoms with Gasteiger partial charge < -0.3 is 19.3 Å². The molecule has 3 aromatic carbocycles. The van der Waals surface area contributed by atoms with E-state index in [-0.39, 0.29) is 5.91 Å². The molecule has 0 N–H and O–H groups in total. The van der Waals surface area contributed by atoms with E-state index in [1.807, 2.05) is 47.4 Å². The van der Waals surface area contributed by atoms with E-state index in [2.05, 4.69) is 17.0 Å². The Bertz CT molecular complexity index is 1320. The summed E-state index contributed by atoms with van der Waals surface area (Å²) in [6.07, 6.45) is 0.829. The smallest absolute Gasteiger partial charge is 0.254 e. The van der Waals surface area contributed by atoms with Gasteiger partial charge in [-0.05, 0) is 30.7 Å². The SMILES string of the molecule is COc1cc(OC)cc(C(=O)N2CCCN(c3nc4ccccc4nc3-c3ccccc3)CC2)c1. The largest absolute Gasteiger partial charge is 0.497 e. The van der Waals surface area contributed by atoms with Crippen molar-refractivity contribution in [3.63, 3.8) is 0 Å². The Labute approximate surface area is 204 Å². The molecule has 0 aliphatic carbocycles. The van der Waals surface area contributed by atoms with Crippen molar-refractivity contribution < 1.29 is 14.3 Å². The van der Waals surface area contributed by atoms with Gasteiger partial charge in [0.1, 0.15) is 17.2 Å². The number of carbonyl (C=O) groups is 1. The van der Waals surface area contributed by atoms with Gasteiger partial charge in [0.15, 0.2) is 5.82 Å². The molecule has 1 aliphatic heterocycles. The van der Waals surface area contributed by atoms with Crippen LogP contribution in [0.2, 0.25) is 0 Å². The zero-order chi connectivity index (χ0) is 24.2. The zero-order valence-electron chi connectivity index (χ0n) is 20.0. The van der Waals surface area contributed by atoms with Crippen molar-refractivity contribution in [2.45, 2.75) is 6.42 Å². The first kappa shape index (κ1) is 22.7. The molecule has 0 bridgehead atoms. The third-order valence-corrected chi connectivity index (χ3v) is 6.28. The number of methoxy groups -OCH3 is 2. The van der Waals surface area contributed by atoms with Crippen LogP contribution >= 0.6 is 0 Å². The van der Waals surface area contributed by atoms with Crippen LogP contribution in [-0.4, -0.2) is 61.2 Å². The summed E-state index contributed by atoms with van der Waals surface area (Å²) in [6, 6.07) is 23.4. The summed E-state index contributed by atoms with van der Waals surface area (Å²) in [5.74, 6) is 2.02. The number of hydrogen-bond acceptors (Lipinski definition) is 6. The number of benzene rings is 3. The fourth-order valence-corrected chi connectivity index (χ4v) is 4.45. The van der Waals surface area contributed by atoms with Crippen molar-refractivity contribution in [3.05, 3.63) is 78.4 Å². The Morgan fingerprint density at radius 3 is 2.11 bits per heavy atom. The minimum atomic E-state index is -0.0306. The van der Waals surface area contributed by atoms with Gasteiger partial charge in [0, 0.05) is 43.4 Å². The Kier molecular flexibility index (Phi) is 6.48. The lowest BCUT2D eigenvalue weighted by atomic mass is 10.1. The van der Waals surface area contributed by atoms with Gasteiger partial charge in [-0.2, -0.15) is 0 Å². The third-order valence-electron chi connectivity index (χ3n) is 6.28. The topological polar surface area (TPSA) is 67.8 Å². The lowest BCUT2D eigenvalue weighted by Gasteiger charge is -2.25. The lowest BCUT2D eigenvalue weighted by Crippen LogP contribution is -2.35. The van der Waals surface area contributed by atoms with Crippen LogP contribution in [0.1, 0.15) is 16.8 Å². The van der Waals surface area contributed by atoms with E-state index >= 15 is 0 Å². The molecule has 1 saturated heterocycles. The molecule has 1 amide bonds. The van der Waals surface area contributed by atoms with E-state index in [1.165, 1.54) is 0 Å². The van der Waals surface area contributed by atoms with Crippen LogP contribution in [0.4, 0.5) is 5.82 Å². The maximum Gasteiger partial charge on any atom is 0.254 e. The lowest BCUT2D eigenvalue weighted by molar-refractivity contribution is 0.0766. The maximum absolute atomic E-state index is 13.4. The van der Waals surface area contributed by atoms with Crippen LogP contribution in [0.15, 0.2) is 72.8 Å². The van der Waals surface area contributed by atoms with E-state index in [4.69, 9.17) is 19.4 Å². The molecule has 1 aromatic heterocycles. The molecule has 0 unspecified atom stereocenters. The van der Waals surface area contributed by atoms with Crippen LogP contribution < -0.4 is 14.4 Å². The Balaban J connectivity index is 1.44. The molecule has 0 saturated carbocycles. The van der Waals surface area contributed by atoms with Crippen molar-refractivity contribution in [2.24, 2.45) is 0 Å². The fourth-order valence-electron chi connectivity index (χ4n) is 4.45. The van der Waals surface area contributed by atoms with Crippen LogP contribution in [0, 0.1) is 0 Å². The molecule has 0 radical (unpaired) electrons. The number of anilines is 1. The molecule has 178 valence electrons. The number of aromatic nitrogens is 2. The van der Waals surface area contributed by atoms with Crippen molar-refractivity contribution in [2.75, 3.05) is 45.3 Å². The highest BCUT2D eigenvalue weighted by molar-refractivity contribution is 5.95. The summed E-state index contributed by atoms with van der Waals surface area (Å²) in [7, 11) is 3.17. The minimum Gasteiger partial charge on any atom is -0.497 e. The number of nitrogens with zero attached hydrogens (tertiary/aromatic N) is 4. The molecule has 2 heterocycles. The molecule has 7 heteroatoms. The molecule has 35 heavy (non-hydrogen) atoms. The van der Waals surface area contributed by atoms with E-state index in [1.54, 1.807) is 32.4 Å². The van der Waals surface area contributed by atoms with E-state index in [0.29, 0.717) is 36.7 Å². The molecule has 1 aliphatic rings. The van der Waals surface area contributed by atoms with Crippen LogP contribution in [0.3, 0.4) is 0 Å². The predicted molar refractivity (Wildman–Crippen MR) is 137 cm³/mol. The van der Waals surface area contributed by atoms with Gasteiger partial charge in [-0.25, -0.2) is 9.97 Å². The monoisotopic (exact) mass is 468 g/mol. The highest BCUT2D eigenvalue weighted by Gasteiger charge is 2.24. The number of hydrogen-bond donors (Lipinski definition) is 0. The quantitative estimate of drug-likeness (QED) is 0.424. The van der Waals surface area contributed by atoms with E-state index in [9.17, 15) is 4.79 Å². The number of ether oxygens (including phenoxy) is 2. The number of amides is 1. The van der Waals surface area contributed by atoms with Crippen LogP contribution in [0.5, 0.6) is 11.5 Å². The number of rotatable bonds is 5. The Morgan fingerprint density at radius 2 is 1.43 bits per heavy atom. The molecule has 4 aromatic rings. The first-order chi connectivity index (χ1) is 17.2. The average Bonchev–Trinajstić information content (AvgIpc) is 3.18. The Morgan fingerprint density at radius 1 is 0.771 bits per heavy atom. The minimum absolute atomic E-state index is 0.0306. The first-order valence-electron chi connectivity index (χ1n) is 11.8. The maximum atomic E-state index is 13.4. The van der Waals surface area contributed by atoms with Gasteiger partial charge in [0.25, 0.3) is 5.91 Å². The second kappa shape index (κ2) is 10.0. The van der Waals surface area contributed by atoms with Gasteiger partial charge in [0.2, 0.25) is 0 Å². The highest BCUT2D eigenvalue weighted by Crippen LogP contribution is 2.31. The van der Waals surface area contributed by atoms with Gasteiger partial charge in [-0.1, -0.05) is 42.5 Å². The average molecular weight is 469 g/mol. The molecular weight excluding hydrogens is 440 g/mol. The van der Waals surface area contributed by atoms with Crippen molar-refractivity contribution in [3.8, 4) is 22.8 Å². The predicted octanol–water partition coefficient (Wildman–Crippen LogP) is 4.67. The summed E-state index contributed by atoms with van der Waals surface area (Å²) in [6.45, 7) is 2.70. The fraction of sp³-hybridized carbons (Fsp3) is 0.250. The van der Waals surface area contributed by atoms with Crippen molar-refractivity contribution >= 4 is 22.8 Å². The van der Waals surface area contributed by atoms with E-state index in [0.717, 1.165) is 41.1 Å². The number of carbonyl (C=O) groups excluding carboxylic acids is 1. The number of para-hydroxylation sites is 2. The van der Waals surface area contributed by atoms with Crippen LogP contribution in [0.25, 0.3) is 22.3 Å². The third kappa shape index (κ3) is 4.75. The normalized spacial score (nSPS) is 14.0. The molecule has 7 nitrogen and oxygen atoms in total. The highest BCUT2D eigenvalue weighted by atomic mass is 16.5. The van der Waals surface area contributed by atoms with Gasteiger partial charge in [-0.15, -0.1) is 0 Å². The van der Waals surface area contributed by atoms with Crippen molar-refractivity contribution in [1.29, 1.82) is 0 Å². The number of fused-ring (bicyclic) bond motifs is 1. The van der Waals surface area contributed by atoms with Crippen LogP contribution in [-0.2, 0) is 0 Å². The molecule has 1 fully saturated rings. The summed E-state index contributed by atoms with van der Waals surface area (Å²) in [5.41, 5.74) is 4.18. The molecular formula is C28H28N4O3. The van der Waals surface area contributed by atoms with Crippen molar-refractivity contribution in [1.82, 2.24) is 14.9 Å². The summed E-state index contributed by atoms with van der Waals surface area (Å²) < 4.78 is 10.7. The molecule has 0 atom stereocenters. The summed E-state index contributed by atoms with van der Waals surface area (Å²) in [4.78, 5) is 27.5. The molecule has 0 spiro atoms. The van der Waals surface area contributed by atoms with Gasteiger partial charge in [-0.3, -0.25) is 4.79 Å². The van der Waals surface area contributed by atoms with Gasteiger partial charge >= 0.3 is 0 Å². The standard InChI is InChI=1S/C28H28N4O3/c1-34-22-17-21(18-23(19-22)35-2)28(33)32-14-8-13-31(15-16-32)27-26(20-9-4-3-5-10-20)29-24-11-6-7-12-25(24)30-27/h3-7,9-12,17-19H,8,13-16H2,1-2H3. The Hall–Kier alpha value is -4.13. The second-order valence-electron chi connectivity index (χ2n) is 8.48. The zero-order valence-corrected chi connectivity index (χ0v) is 20.0.